The molecule has 0 aromatic carbocycles. The maximum atomic E-state index is 11.6. The highest BCUT2D eigenvalue weighted by Gasteiger charge is 2.12. The molecule has 0 saturated carbocycles. The lowest BCUT2D eigenvalue weighted by atomic mass is 10.2. The summed E-state index contributed by atoms with van der Waals surface area (Å²) < 4.78 is 0. The van der Waals surface area contributed by atoms with Gasteiger partial charge in [-0.05, 0) is 20.3 Å². The highest BCUT2D eigenvalue weighted by molar-refractivity contribution is 5.92. The molecule has 14 heavy (non-hydrogen) atoms. The number of hydrogen-bond donors (Lipinski definition) is 1. The number of hydrogen-bond acceptors (Lipinski definition) is 2. The molecule has 0 aliphatic rings. The highest BCUT2D eigenvalue weighted by atomic mass is 16.2. The molecule has 1 atom stereocenters. The third-order valence-corrected chi connectivity index (χ3v) is 2.22. The van der Waals surface area contributed by atoms with Gasteiger partial charge in [0.15, 0.2) is 0 Å². The third kappa shape index (κ3) is 4.30. The fourth-order valence-electron chi connectivity index (χ4n) is 1.24. The third-order valence-electron chi connectivity index (χ3n) is 2.22. The lowest BCUT2D eigenvalue weighted by molar-refractivity contribution is -0.126. The molecule has 0 aliphatic carbocycles. The van der Waals surface area contributed by atoms with Crippen LogP contribution in [0.3, 0.4) is 0 Å². The minimum absolute atomic E-state index is 0.0181. The first-order chi connectivity index (χ1) is 6.52. The van der Waals surface area contributed by atoms with Gasteiger partial charge in [-0.2, -0.15) is 0 Å². The smallest absolute Gasteiger partial charge is 0.269 e. The van der Waals surface area contributed by atoms with Crippen LogP contribution in [0.2, 0.25) is 0 Å². The number of nitrogens with zero attached hydrogens (tertiary/aromatic N) is 1. The predicted octanol–water partition coefficient (Wildman–Crippen LogP) is 1.76. The van der Waals surface area contributed by atoms with E-state index < -0.39 is 0 Å². The van der Waals surface area contributed by atoms with E-state index in [0.29, 0.717) is 18.3 Å². The van der Waals surface area contributed by atoms with Crippen molar-refractivity contribution in [2.24, 2.45) is 0 Å². The van der Waals surface area contributed by atoms with Gasteiger partial charge >= 0.3 is 0 Å². The molecular weight excluding hydrogens is 176 g/mol. The molecular formula is C11H22N2O. The molecule has 0 aromatic rings. The summed E-state index contributed by atoms with van der Waals surface area (Å²) in [5.74, 6) is -0.0181. The Morgan fingerprint density at radius 1 is 1.50 bits per heavy atom. The molecule has 0 saturated heterocycles. The first-order valence-electron chi connectivity index (χ1n) is 5.23. The van der Waals surface area contributed by atoms with E-state index in [2.05, 4.69) is 25.7 Å². The van der Waals surface area contributed by atoms with Crippen LogP contribution >= 0.6 is 0 Å². The Bertz CT molecular complexity index is 201. The minimum atomic E-state index is -0.0181. The molecule has 3 nitrogen and oxygen atoms in total. The van der Waals surface area contributed by atoms with Crippen LogP contribution in [0.25, 0.3) is 0 Å². The van der Waals surface area contributed by atoms with Gasteiger partial charge in [0.1, 0.15) is 0 Å². The van der Waals surface area contributed by atoms with Crippen LogP contribution in [-0.2, 0) is 4.79 Å². The second-order valence-electron chi connectivity index (χ2n) is 3.63. The van der Waals surface area contributed by atoms with E-state index in [1.54, 1.807) is 11.9 Å². The quantitative estimate of drug-likeness (QED) is 0.660. The monoisotopic (exact) mass is 198 g/mol. The Morgan fingerprint density at radius 3 is 2.50 bits per heavy atom. The zero-order valence-corrected chi connectivity index (χ0v) is 9.76. The van der Waals surface area contributed by atoms with Gasteiger partial charge in [0.25, 0.3) is 5.91 Å². The molecule has 3 heteroatoms. The summed E-state index contributed by atoms with van der Waals surface area (Å²) in [7, 11) is 1.78. The molecule has 0 spiro atoms. The van der Waals surface area contributed by atoms with E-state index in [1.165, 1.54) is 0 Å². The Labute approximate surface area is 87.2 Å². The van der Waals surface area contributed by atoms with Gasteiger partial charge in [-0.3, -0.25) is 4.79 Å². The van der Waals surface area contributed by atoms with Crippen LogP contribution in [0.4, 0.5) is 0 Å². The standard InChI is InChI=1S/C11H22N2O/c1-6-8-9(3)12-10(4)11(14)13(5)7-2/h9,12H,4,6-8H2,1-3,5H3. The molecule has 0 rings (SSSR count). The van der Waals surface area contributed by atoms with Crippen LogP contribution in [-0.4, -0.2) is 30.4 Å². The molecule has 0 aliphatic heterocycles. The zero-order valence-electron chi connectivity index (χ0n) is 9.76. The molecule has 0 bridgehead atoms. The van der Waals surface area contributed by atoms with E-state index >= 15 is 0 Å². The number of nitrogens with one attached hydrogen (secondary N) is 1. The summed E-state index contributed by atoms with van der Waals surface area (Å²) in [5.41, 5.74) is 0.496. The van der Waals surface area contributed by atoms with Gasteiger partial charge in [-0.1, -0.05) is 19.9 Å². The van der Waals surface area contributed by atoms with Gasteiger partial charge in [0.05, 0.1) is 5.70 Å². The average Bonchev–Trinajstić information content (AvgIpc) is 2.15. The van der Waals surface area contributed by atoms with Crippen LogP contribution in [0.5, 0.6) is 0 Å². The summed E-state index contributed by atoms with van der Waals surface area (Å²) in [6.07, 6.45) is 2.17. The van der Waals surface area contributed by atoms with E-state index in [9.17, 15) is 4.79 Å². The number of rotatable bonds is 6. The second kappa shape index (κ2) is 6.46. The maximum Gasteiger partial charge on any atom is 0.269 e. The van der Waals surface area contributed by atoms with Crippen molar-refractivity contribution in [3.8, 4) is 0 Å². The van der Waals surface area contributed by atoms with E-state index in [0.717, 1.165) is 12.8 Å². The number of carbonyl (C=O) groups is 1. The van der Waals surface area contributed by atoms with Crippen molar-refractivity contribution in [3.63, 3.8) is 0 Å². The molecule has 0 fully saturated rings. The van der Waals surface area contributed by atoms with Gasteiger partial charge in [0, 0.05) is 19.6 Å². The average molecular weight is 198 g/mol. The maximum absolute atomic E-state index is 11.6. The summed E-state index contributed by atoms with van der Waals surface area (Å²) in [5, 5.41) is 3.11. The molecule has 0 radical (unpaired) electrons. The van der Waals surface area contributed by atoms with Crippen molar-refractivity contribution in [1.29, 1.82) is 0 Å². The zero-order chi connectivity index (χ0) is 11.1. The molecule has 1 amide bonds. The number of likely N-dealkylation sites (N-methyl/N-ethyl adjacent to an activating group) is 1. The molecule has 1 N–H and O–H groups in total. The van der Waals surface area contributed by atoms with Crippen molar-refractivity contribution in [2.75, 3.05) is 13.6 Å². The predicted molar refractivity (Wildman–Crippen MR) is 60.0 cm³/mol. The Hall–Kier alpha value is -0.990. The van der Waals surface area contributed by atoms with E-state index in [4.69, 9.17) is 0 Å². The number of amides is 1. The molecule has 82 valence electrons. The summed E-state index contributed by atoms with van der Waals surface area (Å²) in [6.45, 7) is 10.6. The van der Waals surface area contributed by atoms with Gasteiger partial charge in [0.2, 0.25) is 0 Å². The summed E-state index contributed by atoms with van der Waals surface area (Å²) >= 11 is 0. The normalized spacial score (nSPS) is 12.0. The van der Waals surface area contributed by atoms with Crippen LogP contribution in [0, 0.1) is 0 Å². The van der Waals surface area contributed by atoms with Crippen molar-refractivity contribution < 1.29 is 4.79 Å². The van der Waals surface area contributed by atoms with E-state index in [-0.39, 0.29) is 5.91 Å². The Morgan fingerprint density at radius 2 is 2.07 bits per heavy atom. The van der Waals surface area contributed by atoms with Gasteiger partial charge in [-0.15, -0.1) is 0 Å². The van der Waals surface area contributed by atoms with Crippen molar-refractivity contribution in [1.82, 2.24) is 10.2 Å². The summed E-state index contributed by atoms with van der Waals surface area (Å²) in [4.78, 5) is 13.2. The largest absolute Gasteiger partial charge is 0.379 e. The fourth-order valence-corrected chi connectivity index (χ4v) is 1.24. The molecule has 0 aromatic heterocycles. The van der Waals surface area contributed by atoms with Crippen LogP contribution in [0.15, 0.2) is 12.3 Å². The topological polar surface area (TPSA) is 32.3 Å². The van der Waals surface area contributed by atoms with E-state index in [1.807, 2.05) is 6.92 Å². The first-order valence-corrected chi connectivity index (χ1v) is 5.23. The minimum Gasteiger partial charge on any atom is -0.379 e. The second-order valence-corrected chi connectivity index (χ2v) is 3.63. The lowest BCUT2D eigenvalue weighted by Gasteiger charge is -2.20. The highest BCUT2D eigenvalue weighted by Crippen LogP contribution is 2.00. The van der Waals surface area contributed by atoms with Crippen molar-refractivity contribution in [3.05, 3.63) is 12.3 Å². The van der Waals surface area contributed by atoms with Crippen LogP contribution in [0.1, 0.15) is 33.6 Å². The fraction of sp³-hybridized carbons (Fsp3) is 0.727. The van der Waals surface area contributed by atoms with Crippen molar-refractivity contribution >= 4 is 5.91 Å². The summed E-state index contributed by atoms with van der Waals surface area (Å²) in [6, 6.07) is 0.321. The Kier molecular flexibility index (Phi) is 6.00. The van der Waals surface area contributed by atoms with Crippen LogP contribution < -0.4 is 5.32 Å². The SMILES string of the molecule is C=C(NC(C)CCC)C(=O)N(C)CC. The molecule has 0 heterocycles. The number of carbonyl (C=O) groups excluding carboxylic acids is 1. The Balaban J connectivity index is 4.01. The first kappa shape index (κ1) is 13.0. The van der Waals surface area contributed by atoms with Gasteiger partial charge < -0.3 is 10.2 Å². The molecule has 1 unspecified atom stereocenters. The van der Waals surface area contributed by atoms with Crippen molar-refractivity contribution in [2.45, 2.75) is 39.7 Å². The van der Waals surface area contributed by atoms with Gasteiger partial charge in [-0.25, -0.2) is 0 Å². The lowest BCUT2D eigenvalue weighted by Crippen LogP contribution is -2.36.